The van der Waals surface area contributed by atoms with Gasteiger partial charge in [0, 0.05) is 24.2 Å². The Hall–Kier alpha value is -3.50. The van der Waals surface area contributed by atoms with Crippen molar-refractivity contribution in [2.75, 3.05) is 23.3 Å². The molecule has 1 saturated heterocycles. The van der Waals surface area contributed by atoms with Crippen molar-refractivity contribution in [1.82, 2.24) is 4.90 Å². The zero-order chi connectivity index (χ0) is 30.2. The molecule has 0 saturated carbocycles. The van der Waals surface area contributed by atoms with Crippen molar-refractivity contribution in [2.45, 2.75) is 71.6 Å². The van der Waals surface area contributed by atoms with E-state index in [1.165, 1.54) is 4.90 Å². The Labute approximate surface area is 256 Å². The van der Waals surface area contributed by atoms with Gasteiger partial charge >= 0.3 is 5.97 Å². The molecule has 0 spiro atoms. The van der Waals surface area contributed by atoms with Gasteiger partial charge in [0.1, 0.15) is 10.9 Å². The Balaban J connectivity index is 1.35. The summed E-state index contributed by atoms with van der Waals surface area (Å²) in [5.41, 5.74) is 4.38. The van der Waals surface area contributed by atoms with Crippen LogP contribution in [0.5, 0.6) is 0 Å². The number of hydrogen-bond acceptors (Lipinski definition) is 6. The summed E-state index contributed by atoms with van der Waals surface area (Å²) in [5, 5.41) is 11.6. The lowest BCUT2D eigenvalue weighted by atomic mass is 10.1. The normalized spacial score (nSPS) is 16.4. The van der Waals surface area contributed by atoms with Crippen LogP contribution in [-0.2, 0) is 19.2 Å². The molecule has 1 fully saturated rings. The molecule has 2 aromatic rings. The number of benzene rings is 2. The molecular formula is C32H37N3O5S2. The molecule has 0 radical (unpaired) electrons. The van der Waals surface area contributed by atoms with Crippen LogP contribution in [-0.4, -0.2) is 51.1 Å². The van der Waals surface area contributed by atoms with E-state index in [1.807, 2.05) is 44.2 Å². The number of carbonyl (C=O) groups is 4. The first-order valence-corrected chi connectivity index (χ1v) is 15.7. The zero-order valence-corrected chi connectivity index (χ0v) is 25.7. The maximum atomic E-state index is 13.7. The summed E-state index contributed by atoms with van der Waals surface area (Å²) in [4.78, 5) is 54.0. The summed E-state index contributed by atoms with van der Waals surface area (Å²) >= 11 is 6.69. The van der Waals surface area contributed by atoms with Crippen molar-refractivity contribution >= 4 is 68.9 Å². The Morgan fingerprint density at radius 1 is 0.857 bits per heavy atom. The van der Waals surface area contributed by atoms with E-state index in [4.69, 9.17) is 17.3 Å². The highest BCUT2D eigenvalue weighted by Crippen LogP contribution is 2.44. The molecule has 222 valence electrons. The molecule has 3 amide bonds. The monoisotopic (exact) mass is 607 g/mol. The van der Waals surface area contributed by atoms with E-state index in [-0.39, 0.29) is 30.7 Å². The summed E-state index contributed by atoms with van der Waals surface area (Å²) in [6.45, 7) is 4.30. The first-order valence-electron chi connectivity index (χ1n) is 14.5. The number of carboxylic acids is 1. The molecular weight excluding hydrogens is 571 g/mol. The fraction of sp³-hybridized carbons (Fsp3) is 0.406. The third kappa shape index (κ3) is 7.66. The number of nitrogens with zero attached hydrogens (tertiary/aromatic N) is 2. The number of unbranched alkanes of at least 4 members (excludes halogenated alkanes) is 7. The molecule has 0 atom stereocenters. The average Bonchev–Trinajstić information content (AvgIpc) is 3.38. The van der Waals surface area contributed by atoms with Crippen LogP contribution in [0.15, 0.2) is 47.4 Å². The summed E-state index contributed by atoms with van der Waals surface area (Å²) in [6, 6.07) is 12.9. The van der Waals surface area contributed by atoms with Gasteiger partial charge < -0.3 is 10.4 Å². The van der Waals surface area contributed by atoms with Gasteiger partial charge in [-0.25, -0.2) is 0 Å². The minimum absolute atomic E-state index is 0.174. The topological polar surface area (TPSA) is 107 Å². The van der Waals surface area contributed by atoms with Crippen LogP contribution < -0.4 is 10.2 Å². The Morgan fingerprint density at radius 3 is 2.21 bits per heavy atom. The van der Waals surface area contributed by atoms with Crippen LogP contribution in [0.2, 0.25) is 0 Å². The summed E-state index contributed by atoms with van der Waals surface area (Å²) in [5.74, 6) is -1.70. The number of amides is 3. The highest BCUT2D eigenvalue weighted by atomic mass is 32.2. The van der Waals surface area contributed by atoms with Crippen LogP contribution in [0.1, 0.15) is 74.5 Å². The van der Waals surface area contributed by atoms with E-state index in [0.29, 0.717) is 38.3 Å². The summed E-state index contributed by atoms with van der Waals surface area (Å²) in [6.07, 6.45) is 7.90. The first kappa shape index (κ1) is 31.4. The number of anilines is 2. The Morgan fingerprint density at radius 2 is 1.52 bits per heavy atom. The molecule has 0 unspecified atom stereocenters. The number of thioether (sulfide) groups is 1. The van der Waals surface area contributed by atoms with Gasteiger partial charge in [0.25, 0.3) is 11.8 Å². The van der Waals surface area contributed by atoms with Crippen LogP contribution in [0, 0.1) is 13.8 Å². The van der Waals surface area contributed by atoms with Crippen molar-refractivity contribution in [2.24, 2.45) is 0 Å². The molecule has 2 aromatic carbocycles. The van der Waals surface area contributed by atoms with Gasteiger partial charge in [-0.3, -0.25) is 29.0 Å². The van der Waals surface area contributed by atoms with E-state index in [1.54, 1.807) is 17.0 Å². The van der Waals surface area contributed by atoms with E-state index >= 15 is 0 Å². The number of nitrogens with one attached hydrogen (secondary N) is 1. The van der Waals surface area contributed by atoms with E-state index < -0.39 is 5.97 Å². The Bertz CT molecular complexity index is 1420. The number of fused-ring (bicyclic) bond motifs is 1. The number of hydrogen-bond donors (Lipinski definition) is 2. The van der Waals surface area contributed by atoms with Crippen molar-refractivity contribution in [3.8, 4) is 0 Å². The molecule has 2 aliphatic rings. The number of rotatable bonds is 14. The molecule has 2 aliphatic heterocycles. The fourth-order valence-corrected chi connectivity index (χ4v) is 6.55. The Kier molecular flexibility index (Phi) is 10.9. The molecule has 10 heteroatoms. The molecule has 42 heavy (non-hydrogen) atoms. The van der Waals surface area contributed by atoms with E-state index in [9.17, 15) is 19.2 Å². The SMILES string of the molecule is Cc1ccc(NC(=O)CN2C(=O)/C(=C3\SC(=S)N(CCCCCCCCCCC(=O)O)C3=O)c3ccccc32)cc1C. The largest absolute Gasteiger partial charge is 0.481 e. The third-order valence-corrected chi connectivity index (χ3v) is 9.06. The smallest absolute Gasteiger partial charge is 0.303 e. The molecule has 0 aliphatic carbocycles. The van der Waals surface area contributed by atoms with Gasteiger partial charge in [-0.1, -0.05) is 86.8 Å². The quantitative estimate of drug-likeness (QED) is 0.144. The van der Waals surface area contributed by atoms with Gasteiger partial charge in [-0.2, -0.15) is 0 Å². The van der Waals surface area contributed by atoms with Crippen molar-refractivity contribution in [3.63, 3.8) is 0 Å². The molecule has 8 nitrogen and oxygen atoms in total. The highest BCUT2D eigenvalue weighted by Gasteiger charge is 2.42. The van der Waals surface area contributed by atoms with Crippen molar-refractivity contribution in [3.05, 3.63) is 64.1 Å². The molecule has 0 bridgehead atoms. The maximum Gasteiger partial charge on any atom is 0.303 e. The molecule has 2 N–H and O–H groups in total. The number of aryl methyl sites for hydroxylation is 2. The lowest BCUT2D eigenvalue weighted by Gasteiger charge is -2.17. The number of aliphatic carboxylic acids is 1. The second kappa shape index (κ2) is 14.6. The van der Waals surface area contributed by atoms with Crippen molar-refractivity contribution in [1.29, 1.82) is 0 Å². The van der Waals surface area contributed by atoms with Crippen LogP contribution >= 0.6 is 24.0 Å². The standard InChI is InChI=1S/C32H37N3O5S2/c1-21-16-17-23(19-22(21)2)33-26(36)20-35-25-14-11-10-13-24(25)28(30(35)39)29-31(40)34(32(41)42-29)18-12-8-6-4-3-5-7-9-15-27(37)38/h10-11,13-14,16-17,19H,3-9,12,15,18,20H2,1-2H3,(H,33,36)(H,37,38)/b29-28-. The number of para-hydroxylation sites is 1. The van der Waals surface area contributed by atoms with Gasteiger partial charge in [0.15, 0.2) is 0 Å². The van der Waals surface area contributed by atoms with E-state index in [2.05, 4.69) is 5.32 Å². The highest BCUT2D eigenvalue weighted by molar-refractivity contribution is 8.26. The third-order valence-electron chi connectivity index (χ3n) is 7.61. The maximum absolute atomic E-state index is 13.7. The van der Waals surface area contributed by atoms with Crippen LogP contribution in [0.4, 0.5) is 11.4 Å². The molecule has 0 aromatic heterocycles. The number of carbonyl (C=O) groups excluding carboxylic acids is 3. The lowest BCUT2D eigenvalue weighted by molar-refractivity contribution is -0.137. The van der Waals surface area contributed by atoms with Crippen LogP contribution in [0.25, 0.3) is 5.57 Å². The minimum Gasteiger partial charge on any atom is -0.481 e. The molecule has 4 rings (SSSR count). The predicted octanol–water partition coefficient (Wildman–Crippen LogP) is 6.46. The fourth-order valence-electron chi connectivity index (χ4n) is 5.17. The first-order chi connectivity index (χ1) is 20.2. The summed E-state index contributed by atoms with van der Waals surface area (Å²) < 4.78 is 0.442. The van der Waals surface area contributed by atoms with Gasteiger partial charge in [0.05, 0.1) is 16.2 Å². The second-order valence-corrected chi connectivity index (χ2v) is 12.4. The van der Waals surface area contributed by atoms with Gasteiger partial charge in [0.2, 0.25) is 5.91 Å². The average molecular weight is 608 g/mol. The van der Waals surface area contributed by atoms with Crippen LogP contribution in [0.3, 0.4) is 0 Å². The van der Waals surface area contributed by atoms with Gasteiger partial charge in [-0.15, -0.1) is 0 Å². The number of thiocarbonyl (C=S) groups is 1. The van der Waals surface area contributed by atoms with Gasteiger partial charge in [-0.05, 0) is 56.0 Å². The summed E-state index contributed by atoms with van der Waals surface area (Å²) in [7, 11) is 0. The molecule has 2 heterocycles. The zero-order valence-electron chi connectivity index (χ0n) is 24.1. The van der Waals surface area contributed by atoms with Crippen molar-refractivity contribution < 1.29 is 24.3 Å². The minimum atomic E-state index is -0.739. The number of carboxylic acid groups (broad SMARTS) is 1. The predicted molar refractivity (Wildman–Crippen MR) is 171 cm³/mol. The lowest BCUT2D eigenvalue weighted by Crippen LogP contribution is -2.35. The van der Waals surface area contributed by atoms with E-state index in [0.717, 1.165) is 74.3 Å². The second-order valence-electron chi connectivity index (χ2n) is 10.8.